The molecule has 5 heteroatoms. The minimum absolute atomic E-state index is 0.110. The third kappa shape index (κ3) is 1.92. The highest BCUT2D eigenvalue weighted by molar-refractivity contribution is 7.71. The van der Waals surface area contributed by atoms with Crippen molar-refractivity contribution in [1.82, 2.24) is 10.3 Å². The fraction of sp³-hybridized carbons (Fsp3) is 0.200. The molecule has 0 radical (unpaired) electrons. The summed E-state index contributed by atoms with van der Waals surface area (Å²) < 4.78 is 5.22. The molecular formula is C10H10N2O2S. The molecule has 0 bridgehead atoms. The Morgan fingerprint density at radius 1 is 1.60 bits per heavy atom. The van der Waals surface area contributed by atoms with E-state index in [-0.39, 0.29) is 5.91 Å². The topological polar surface area (TPSA) is 58.0 Å². The fourth-order valence-electron chi connectivity index (χ4n) is 1.35. The molecule has 15 heavy (non-hydrogen) atoms. The summed E-state index contributed by atoms with van der Waals surface area (Å²) in [6.07, 6.45) is 0. The van der Waals surface area contributed by atoms with Gasteiger partial charge in [0.1, 0.15) is 0 Å². The van der Waals surface area contributed by atoms with Crippen LogP contribution in [0, 0.1) is 4.84 Å². The quantitative estimate of drug-likeness (QED) is 0.766. The van der Waals surface area contributed by atoms with E-state index in [1.165, 1.54) is 0 Å². The Kier molecular flexibility index (Phi) is 2.55. The first-order valence-electron chi connectivity index (χ1n) is 4.62. The van der Waals surface area contributed by atoms with Crippen LogP contribution in [0.5, 0.6) is 0 Å². The number of carbonyl (C=O) groups is 1. The Morgan fingerprint density at radius 2 is 2.40 bits per heavy atom. The Labute approximate surface area is 91.3 Å². The predicted molar refractivity (Wildman–Crippen MR) is 59.4 cm³/mol. The van der Waals surface area contributed by atoms with Crippen LogP contribution in [0.25, 0.3) is 11.1 Å². The highest BCUT2D eigenvalue weighted by Gasteiger charge is 2.06. The van der Waals surface area contributed by atoms with Crippen molar-refractivity contribution in [3.8, 4) is 0 Å². The van der Waals surface area contributed by atoms with Gasteiger partial charge in [0, 0.05) is 12.1 Å². The number of benzene rings is 1. The highest BCUT2D eigenvalue weighted by Crippen LogP contribution is 2.15. The molecule has 0 saturated carbocycles. The molecule has 0 aliphatic heterocycles. The first-order chi connectivity index (χ1) is 7.20. The molecular weight excluding hydrogens is 212 g/mol. The number of carbonyl (C=O) groups excluding carboxylic acids is 1. The Bertz CT molecular complexity index is 556. The van der Waals surface area contributed by atoms with Crippen molar-refractivity contribution in [3.05, 3.63) is 28.6 Å². The minimum atomic E-state index is -0.110. The maximum absolute atomic E-state index is 11.5. The second kappa shape index (κ2) is 3.86. The van der Waals surface area contributed by atoms with Crippen molar-refractivity contribution in [2.45, 2.75) is 6.92 Å². The van der Waals surface area contributed by atoms with E-state index in [2.05, 4.69) is 10.3 Å². The molecule has 0 atom stereocenters. The van der Waals surface area contributed by atoms with Crippen LogP contribution in [0.2, 0.25) is 0 Å². The second-order valence-corrected chi connectivity index (χ2v) is 3.46. The van der Waals surface area contributed by atoms with Gasteiger partial charge in [-0.3, -0.25) is 4.79 Å². The average Bonchev–Trinajstić information content (AvgIpc) is 2.57. The van der Waals surface area contributed by atoms with E-state index < -0.39 is 0 Å². The summed E-state index contributed by atoms with van der Waals surface area (Å²) in [6, 6.07) is 5.18. The van der Waals surface area contributed by atoms with E-state index in [1.54, 1.807) is 18.2 Å². The molecule has 1 aromatic carbocycles. The molecule has 1 heterocycles. The summed E-state index contributed by atoms with van der Waals surface area (Å²) in [5, 5.41) is 2.72. The Hall–Kier alpha value is -1.62. The molecule has 1 aromatic heterocycles. The summed E-state index contributed by atoms with van der Waals surface area (Å²) >= 11 is 4.85. The molecule has 2 rings (SSSR count). The summed E-state index contributed by atoms with van der Waals surface area (Å²) in [7, 11) is 0. The Morgan fingerprint density at radius 3 is 3.13 bits per heavy atom. The van der Waals surface area contributed by atoms with Crippen LogP contribution >= 0.6 is 12.2 Å². The lowest BCUT2D eigenvalue weighted by atomic mass is 10.2. The molecule has 78 valence electrons. The summed E-state index contributed by atoms with van der Waals surface area (Å²) in [4.78, 5) is 14.7. The first-order valence-corrected chi connectivity index (χ1v) is 5.02. The van der Waals surface area contributed by atoms with Crippen molar-refractivity contribution >= 4 is 29.2 Å². The maximum atomic E-state index is 11.5. The van der Waals surface area contributed by atoms with E-state index in [0.717, 1.165) is 5.52 Å². The van der Waals surface area contributed by atoms with Crippen LogP contribution in [-0.2, 0) is 0 Å². The van der Waals surface area contributed by atoms with Gasteiger partial charge < -0.3 is 14.7 Å². The summed E-state index contributed by atoms with van der Waals surface area (Å²) in [6.45, 7) is 2.48. The molecule has 0 aliphatic carbocycles. The van der Waals surface area contributed by atoms with E-state index in [9.17, 15) is 4.79 Å². The number of hydrogen-bond acceptors (Lipinski definition) is 3. The van der Waals surface area contributed by atoms with Crippen LogP contribution in [0.4, 0.5) is 0 Å². The lowest BCUT2D eigenvalue weighted by molar-refractivity contribution is 0.0956. The number of rotatable bonds is 2. The zero-order valence-corrected chi connectivity index (χ0v) is 8.98. The zero-order chi connectivity index (χ0) is 10.8. The van der Waals surface area contributed by atoms with Crippen LogP contribution in [0.3, 0.4) is 0 Å². The van der Waals surface area contributed by atoms with Gasteiger partial charge in [-0.25, -0.2) is 0 Å². The van der Waals surface area contributed by atoms with Crippen LogP contribution in [0.1, 0.15) is 17.3 Å². The molecule has 0 unspecified atom stereocenters. The van der Waals surface area contributed by atoms with Crippen molar-refractivity contribution in [2.75, 3.05) is 6.54 Å². The number of nitrogens with one attached hydrogen (secondary N) is 2. The van der Waals surface area contributed by atoms with Gasteiger partial charge in [0.05, 0.1) is 5.52 Å². The first kappa shape index (κ1) is 9.92. The number of oxazole rings is 1. The van der Waals surface area contributed by atoms with Crippen LogP contribution < -0.4 is 5.32 Å². The smallest absolute Gasteiger partial charge is 0.266 e. The normalized spacial score (nSPS) is 10.5. The number of fused-ring (bicyclic) bond motifs is 1. The van der Waals surface area contributed by atoms with Gasteiger partial charge in [0.25, 0.3) is 10.7 Å². The average molecular weight is 222 g/mol. The van der Waals surface area contributed by atoms with Gasteiger partial charge in [-0.15, -0.1) is 0 Å². The van der Waals surface area contributed by atoms with Gasteiger partial charge in [-0.2, -0.15) is 0 Å². The van der Waals surface area contributed by atoms with Gasteiger partial charge in [0.2, 0.25) is 0 Å². The molecule has 0 spiro atoms. The number of hydrogen-bond donors (Lipinski definition) is 2. The molecule has 4 nitrogen and oxygen atoms in total. The molecule has 2 N–H and O–H groups in total. The van der Waals surface area contributed by atoms with Gasteiger partial charge in [-0.05, 0) is 37.3 Å². The number of aromatic amines is 1. The minimum Gasteiger partial charge on any atom is -0.429 e. The van der Waals surface area contributed by atoms with Gasteiger partial charge in [-0.1, -0.05) is 0 Å². The predicted octanol–water partition coefficient (Wildman–Crippen LogP) is 2.24. The number of aromatic nitrogens is 1. The van der Waals surface area contributed by atoms with Crippen molar-refractivity contribution in [2.24, 2.45) is 0 Å². The van der Waals surface area contributed by atoms with Crippen LogP contribution in [0.15, 0.2) is 22.6 Å². The molecule has 2 aromatic rings. The standard InChI is InChI=1S/C10H10N2O2S/c1-2-11-9(13)6-3-4-7-8(5-6)14-10(15)12-7/h3-5H,2H2,1H3,(H,11,13)(H,12,15). The third-order valence-electron chi connectivity index (χ3n) is 2.02. The molecule has 0 aliphatic rings. The van der Waals surface area contributed by atoms with Crippen molar-refractivity contribution < 1.29 is 9.21 Å². The monoisotopic (exact) mass is 222 g/mol. The zero-order valence-electron chi connectivity index (χ0n) is 8.16. The maximum Gasteiger partial charge on any atom is 0.266 e. The lowest BCUT2D eigenvalue weighted by Gasteiger charge is -2.00. The molecule has 0 fully saturated rings. The van der Waals surface area contributed by atoms with Crippen molar-refractivity contribution in [1.29, 1.82) is 0 Å². The molecule has 1 amide bonds. The lowest BCUT2D eigenvalue weighted by Crippen LogP contribution is -2.22. The Balaban J connectivity index is 2.46. The second-order valence-electron chi connectivity index (χ2n) is 3.08. The number of amides is 1. The van der Waals surface area contributed by atoms with E-state index in [1.807, 2.05) is 6.92 Å². The highest BCUT2D eigenvalue weighted by atomic mass is 32.1. The third-order valence-corrected chi connectivity index (χ3v) is 2.21. The van der Waals surface area contributed by atoms with E-state index in [0.29, 0.717) is 22.5 Å². The van der Waals surface area contributed by atoms with Gasteiger partial charge in [0.15, 0.2) is 5.58 Å². The largest absolute Gasteiger partial charge is 0.429 e. The van der Waals surface area contributed by atoms with E-state index >= 15 is 0 Å². The summed E-state index contributed by atoms with van der Waals surface area (Å²) in [5.74, 6) is -0.110. The van der Waals surface area contributed by atoms with Crippen molar-refractivity contribution in [3.63, 3.8) is 0 Å². The van der Waals surface area contributed by atoms with Gasteiger partial charge >= 0.3 is 0 Å². The summed E-state index contributed by atoms with van der Waals surface area (Å²) in [5.41, 5.74) is 1.97. The van der Waals surface area contributed by atoms with E-state index in [4.69, 9.17) is 16.6 Å². The van der Waals surface area contributed by atoms with Crippen LogP contribution in [-0.4, -0.2) is 17.4 Å². The SMILES string of the molecule is CCNC(=O)c1ccc2[nH]c(=S)oc2c1. The fourth-order valence-corrected chi connectivity index (χ4v) is 1.55. The number of H-pyrrole nitrogens is 1. The molecule has 0 saturated heterocycles.